The number of likely N-dealkylation sites (N-methyl/N-ethyl adjacent to an activating group) is 1. The first-order valence-electron chi connectivity index (χ1n) is 9.26. The van der Waals surface area contributed by atoms with Crippen LogP contribution in [-0.4, -0.2) is 65.4 Å². The largest absolute Gasteiger partial charge is 0.339 e. The Bertz CT molecular complexity index is 728. The van der Waals surface area contributed by atoms with Gasteiger partial charge in [-0.2, -0.15) is 0 Å². The molecule has 4 rings (SSSR count). The predicted octanol–water partition coefficient (Wildman–Crippen LogP) is 0.562. The number of imide groups is 1. The Morgan fingerprint density at radius 2 is 1.81 bits per heavy atom. The molecular formula is C19H24N4O3. The number of hydrogen-bond donors (Lipinski definition) is 1. The molecule has 1 aromatic rings. The number of piperidine rings is 1. The first-order valence-corrected chi connectivity index (χ1v) is 9.26. The van der Waals surface area contributed by atoms with Crippen molar-refractivity contribution in [2.45, 2.75) is 37.8 Å². The van der Waals surface area contributed by atoms with Crippen LogP contribution in [0.15, 0.2) is 30.3 Å². The van der Waals surface area contributed by atoms with Crippen LogP contribution in [0.1, 0.15) is 26.2 Å². The number of carbonyl (C=O) groups is 3. The van der Waals surface area contributed by atoms with Gasteiger partial charge in [0, 0.05) is 25.3 Å². The molecule has 1 spiro atoms. The van der Waals surface area contributed by atoms with E-state index in [9.17, 15) is 14.4 Å². The smallest absolute Gasteiger partial charge is 0.247 e. The quantitative estimate of drug-likeness (QED) is 0.802. The topological polar surface area (TPSA) is 73.0 Å². The van der Waals surface area contributed by atoms with Gasteiger partial charge in [0.25, 0.3) is 0 Å². The van der Waals surface area contributed by atoms with Crippen LogP contribution in [0.3, 0.4) is 0 Å². The van der Waals surface area contributed by atoms with Crippen molar-refractivity contribution in [2.24, 2.45) is 0 Å². The number of likely N-dealkylation sites (tertiary alicyclic amines) is 2. The van der Waals surface area contributed by atoms with Gasteiger partial charge in [0.1, 0.15) is 5.54 Å². The van der Waals surface area contributed by atoms with Crippen molar-refractivity contribution < 1.29 is 14.4 Å². The lowest BCUT2D eigenvalue weighted by molar-refractivity contribution is -0.139. The zero-order chi connectivity index (χ0) is 18.3. The summed E-state index contributed by atoms with van der Waals surface area (Å²) in [7, 11) is 0. The van der Waals surface area contributed by atoms with Crippen LogP contribution >= 0.6 is 0 Å². The van der Waals surface area contributed by atoms with Gasteiger partial charge in [-0.1, -0.05) is 18.2 Å². The standard InChI is InChI=1S/C19H24N4O3/c1-2-22-16(24)12-15(17(22)25)21-10-8-19(9-11-21)18(26)20-13-23(19)14-6-4-3-5-7-14/h3-7,15H,2,8-13H2,1H3,(H,20,26)/t15-/m1/s1. The van der Waals surface area contributed by atoms with E-state index in [-0.39, 0.29) is 30.2 Å². The Labute approximate surface area is 152 Å². The molecule has 0 bridgehead atoms. The van der Waals surface area contributed by atoms with Gasteiger partial charge >= 0.3 is 0 Å². The average molecular weight is 356 g/mol. The van der Waals surface area contributed by atoms with Crippen molar-refractivity contribution in [3.63, 3.8) is 0 Å². The van der Waals surface area contributed by atoms with E-state index < -0.39 is 5.54 Å². The van der Waals surface area contributed by atoms with Crippen molar-refractivity contribution in [3.8, 4) is 0 Å². The predicted molar refractivity (Wildman–Crippen MR) is 96.3 cm³/mol. The molecule has 0 aliphatic carbocycles. The van der Waals surface area contributed by atoms with Gasteiger partial charge in [-0.15, -0.1) is 0 Å². The fourth-order valence-corrected chi connectivity index (χ4v) is 4.52. The lowest BCUT2D eigenvalue weighted by atomic mass is 9.85. The van der Waals surface area contributed by atoms with Crippen molar-refractivity contribution in [1.82, 2.24) is 15.1 Å². The fourth-order valence-electron chi connectivity index (χ4n) is 4.52. The molecule has 0 unspecified atom stereocenters. The first-order chi connectivity index (χ1) is 12.6. The zero-order valence-corrected chi connectivity index (χ0v) is 15.0. The summed E-state index contributed by atoms with van der Waals surface area (Å²) in [6.45, 7) is 4.03. The molecule has 138 valence electrons. The van der Waals surface area contributed by atoms with E-state index in [1.54, 1.807) is 0 Å². The van der Waals surface area contributed by atoms with Crippen molar-refractivity contribution >= 4 is 23.4 Å². The van der Waals surface area contributed by atoms with Gasteiger partial charge in [0.05, 0.1) is 19.1 Å². The maximum Gasteiger partial charge on any atom is 0.247 e. The molecule has 3 heterocycles. The molecule has 3 aliphatic heterocycles. The second-order valence-corrected chi connectivity index (χ2v) is 7.19. The number of benzene rings is 1. The van der Waals surface area contributed by atoms with E-state index >= 15 is 0 Å². The van der Waals surface area contributed by atoms with Crippen molar-refractivity contribution in [3.05, 3.63) is 30.3 Å². The molecule has 0 radical (unpaired) electrons. The third-order valence-corrected chi connectivity index (χ3v) is 6.01. The molecule has 3 aliphatic rings. The number of carbonyl (C=O) groups excluding carboxylic acids is 3. The molecule has 1 N–H and O–H groups in total. The van der Waals surface area contributed by atoms with Gasteiger partial charge in [-0.05, 0) is 31.9 Å². The van der Waals surface area contributed by atoms with E-state index in [2.05, 4.69) is 15.1 Å². The molecule has 3 fully saturated rings. The zero-order valence-electron chi connectivity index (χ0n) is 15.0. The minimum atomic E-state index is -0.562. The number of nitrogens with zero attached hydrogens (tertiary/aromatic N) is 3. The number of para-hydroxylation sites is 1. The maximum absolute atomic E-state index is 12.7. The number of anilines is 1. The lowest BCUT2D eigenvalue weighted by Crippen LogP contribution is -2.58. The highest BCUT2D eigenvalue weighted by atomic mass is 16.2. The number of nitrogens with one attached hydrogen (secondary N) is 1. The normalized spacial score (nSPS) is 26.0. The lowest BCUT2D eigenvalue weighted by Gasteiger charge is -2.44. The summed E-state index contributed by atoms with van der Waals surface area (Å²) in [5.41, 5.74) is 0.470. The van der Waals surface area contributed by atoms with E-state index in [1.165, 1.54) is 4.90 Å². The molecule has 0 saturated carbocycles. The fraction of sp³-hybridized carbons (Fsp3) is 0.526. The van der Waals surface area contributed by atoms with Gasteiger partial charge in [-0.25, -0.2) is 0 Å². The van der Waals surface area contributed by atoms with Crippen LogP contribution in [0.25, 0.3) is 0 Å². The Balaban J connectivity index is 1.51. The summed E-state index contributed by atoms with van der Waals surface area (Å²) < 4.78 is 0. The number of amides is 3. The van der Waals surface area contributed by atoms with Crippen LogP contribution in [0.2, 0.25) is 0 Å². The van der Waals surface area contributed by atoms with E-state index in [0.29, 0.717) is 39.1 Å². The molecule has 26 heavy (non-hydrogen) atoms. The highest BCUT2D eigenvalue weighted by Crippen LogP contribution is 2.37. The molecule has 1 atom stereocenters. The van der Waals surface area contributed by atoms with Crippen LogP contribution in [0.4, 0.5) is 5.69 Å². The van der Waals surface area contributed by atoms with Crippen LogP contribution in [0, 0.1) is 0 Å². The summed E-state index contributed by atoms with van der Waals surface area (Å²) in [4.78, 5) is 42.7. The molecular weight excluding hydrogens is 332 g/mol. The molecule has 3 saturated heterocycles. The SMILES string of the molecule is CCN1C(=O)C[C@@H](N2CCC3(CC2)C(=O)NCN3c2ccccc2)C1=O. The summed E-state index contributed by atoms with van der Waals surface area (Å²) in [6.07, 6.45) is 1.56. The third-order valence-electron chi connectivity index (χ3n) is 6.01. The Hall–Kier alpha value is -2.41. The highest BCUT2D eigenvalue weighted by molar-refractivity contribution is 6.05. The second kappa shape index (κ2) is 6.39. The van der Waals surface area contributed by atoms with E-state index in [4.69, 9.17) is 0 Å². The molecule has 3 amide bonds. The monoisotopic (exact) mass is 356 g/mol. The van der Waals surface area contributed by atoms with Crippen LogP contribution < -0.4 is 10.2 Å². The summed E-state index contributed by atoms with van der Waals surface area (Å²) in [5, 5.41) is 2.98. The number of rotatable bonds is 3. The third kappa shape index (κ3) is 2.49. The molecule has 7 nitrogen and oxygen atoms in total. The summed E-state index contributed by atoms with van der Waals surface area (Å²) in [5.74, 6) is -0.124. The van der Waals surface area contributed by atoms with Gasteiger partial charge < -0.3 is 10.2 Å². The molecule has 7 heteroatoms. The maximum atomic E-state index is 12.7. The Kier molecular flexibility index (Phi) is 4.19. The summed E-state index contributed by atoms with van der Waals surface area (Å²) >= 11 is 0. The van der Waals surface area contributed by atoms with Crippen molar-refractivity contribution in [2.75, 3.05) is 31.2 Å². The minimum Gasteiger partial charge on any atom is -0.339 e. The van der Waals surface area contributed by atoms with Gasteiger partial charge in [0.15, 0.2) is 0 Å². The van der Waals surface area contributed by atoms with Crippen LogP contribution in [0.5, 0.6) is 0 Å². The summed E-state index contributed by atoms with van der Waals surface area (Å²) in [6, 6.07) is 9.59. The molecule has 0 aromatic heterocycles. The van der Waals surface area contributed by atoms with E-state index in [0.717, 1.165) is 5.69 Å². The average Bonchev–Trinajstić information content (AvgIpc) is 3.13. The van der Waals surface area contributed by atoms with Crippen molar-refractivity contribution in [1.29, 1.82) is 0 Å². The second-order valence-electron chi connectivity index (χ2n) is 7.19. The van der Waals surface area contributed by atoms with Crippen LogP contribution in [-0.2, 0) is 14.4 Å². The minimum absolute atomic E-state index is 0.0602. The van der Waals surface area contributed by atoms with Gasteiger partial charge in [-0.3, -0.25) is 24.2 Å². The first kappa shape index (κ1) is 17.0. The van der Waals surface area contributed by atoms with E-state index in [1.807, 2.05) is 37.3 Å². The highest BCUT2D eigenvalue weighted by Gasteiger charge is 2.52. The van der Waals surface area contributed by atoms with Gasteiger partial charge in [0.2, 0.25) is 17.7 Å². The Morgan fingerprint density at radius 3 is 2.42 bits per heavy atom. The number of hydrogen-bond acceptors (Lipinski definition) is 5. The Morgan fingerprint density at radius 1 is 1.12 bits per heavy atom. The molecule has 1 aromatic carbocycles.